The van der Waals surface area contributed by atoms with Crippen LogP contribution in [0.2, 0.25) is 5.02 Å². The molecule has 1 aliphatic heterocycles. The van der Waals surface area contributed by atoms with E-state index in [0.717, 1.165) is 16.6 Å². The van der Waals surface area contributed by atoms with Gasteiger partial charge in [-0.3, -0.25) is 4.79 Å². The standard InChI is InChI=1S/C20H15ClFN5O/c1-10-17-11(18-12(21)5-4-6-13(18)22)9-16(28)25-19(17)27(26-10)20-23-14-7-2-3-8-15(14)24-20/h2-8,11H,9H2,1H3,(H,23,24)(H,25,28). The quantitative estimate of drug-likeness (QED) is 0.530. The number of para-hydroxylation sites is 2. The van der Waals surface area contributed by atoms with Crippen molar-refractivity contribution in [2.24, 2.45) is 0 Å². The van der Waals surface area contributed by atoms with Crippen molar-refractivity contribution in [3.05, 3.63) is 70.1 Å². The van der Waals surface area contributed by atoms with Crippen LogP contribution in [-0.4, -0.2) is 25.7 Å². The highest BCUT2D eigenvalue weighted by Gasteiger charge is 2.35. The molecule has 4 aromatic rings. The molecule has 0 fully saturated rings. The van der Waals surface area contributed by atoms with Crippen LogP contribution in [0.25, 0.3) is 17.0 Å². The van der Waals surface area contributed by atoms with Crippen molar-refractivity contribution in [2.75, 3.05) is 5.32 Å². The average Bonchev–Trinajstić information content (AvgIpc) is 3.22. The molecule has 0 saturated heterocycles. The van der Waals surface area contributed by atoms with Crippen molar-refractivity contribution in [3.63, 3.8) is 0 Å². The number of carbonyl (C=O) groups excluding carboxylic acids is 1. The second-order valence-electron chi connectivity index (χ2n) is 6.78. The van der Waals surface area contributed by atoms with Crippen LogP contribution in [-0.2, 0) is 4.79 Å². The maximum atomic E-state index is 14.6. The van der Waals surface area contributed by atoms with Gasteiger partial charge in [0.05, 0.1) is 16.7 Å². The van der Waals surface area contributed by atoms with Gasteiger partial charge >= 0.3 is 0 Å². The first-order valence-corrected chi connectivity index (χ1v) is 9.19. The van der Waals surface area contributed by atoms with Crippen LogP contribution in [0, 0.1) is 12.7 Å². The minimum atomic E-state index is -0.518. The smallest absolute Gasteiger partial charge is 0.231 e. The van der Waals surface area contributed by atoms with Crippen LogP contribution in [0.1, 0.15) is 29.2 Å². The molecule has 0 aliphatic carbocycles. The summed E-state index contributed by atoms with van der Waals surface area (Å²) in [5.74, 6) is -0.220. The molecule has 140 valence electrons. The Morgan fingerprint density at radius 1 is 1.18 bits per heavy atom. The number of aromatic amines is 1. The van der Waals surface area contributed by atoms with Crippen LogP contribution in [0.4, 0.5) is 10.2 Å². The molecule has 3 heterocycles. The van der Waals surface area contributed by atoms with Gasteiger partial charge in [0.2, 0.25) is 11.9 Å². The largest absolute Gasteiger partial charge is 0.322 e. The number of halogens is 2. The van der Waals surface area contributed by atoms with E-state index in [4.69, 9.17) is 11.6 Å². The number of aryl methyl sites for hydroxylation is 1. The maximum absolute atomic E-state index is 14.6. The monoisotopic (exact) mass is 395 g/mol. The van der Waals surface area contributed by atoms with Crippen LogP contribution < -0.4 is 5.32 Å². The van der Waals surface area contributed by atoms with Crippen molar-refractivity contribution in [2.45, 2.75) is 19.3 Å². The molecule has 6 nitrogen and oxygen atoms in total. The summed E-state index contributed by atoms with van der Waals surface area (Å²) in [6, 6.07) is 12.1. The lowest BCUT2D eigenvalue weighted by Gasteiger charge is -2.25. The maximum Gasteiger partial charge on any atom is 0.231 e. The molecule has 2 aromatic carbocycles. The number of anilines is 1. The molecule has 5 rings (SSSR count). The summed E-state index contributed by atoms with van der Waals surface area (Å²) in [6.07, 6.45) is 0.0975. The summed E-state index contributed by atoms with van der Waals surface area (Å²) < 4.78 is 16.2. The second kappa shape index (κ2) is 6.17. The van der Waals surface area contributed by atoms with E-state index in [2.05, 4.69) is 20.4 Å². The van der Waals surface area contributed by atoms with Crippen LogP contribution in [0.5, 0.6) is 0 Å². The zero-order chi connectivity index (χ0) is 19.4. The Labute approximate surface area is 164 Å². The third-order valence-corrected chi connectivity index (χ3v) is 5.36. The van der Waals surface area contributed by atoms with Crippen molar-refractivity contribution in [3.8, 4) is 5.95 Å². The van der Waals surface area contributed by atoms with E-state index in [0.29, 0.717) is 28.0 Å². The Kier molecular flexibility index (Phi) is 3.73. The van der Waals surface area contributed by atoms with Gasteiger partial charge in [-0.05, 0) is 31.2 Å². The Balaban J connectivity index is 1.72. The summed E-state index contributed by atoms with van der Waals surface area (Å²) in [5.41, 5.74) is 3.38. The van der Waals surface area contributed by atoms with Crippen molar-refractivity contribution >= 4 is 34.4 Å². The molecular formula is C20H15ClFN5O. The summed E-state index contributed by atoms with van der Waals surface area (Å²) >= 11 is 6.29. The predicted octanol–water partition coefficient (Wildman–Crippen LogP) is 4.32. The van der Waals surface area contributed by atoms with Gasteiger partial charge in [-0.15, -0.1) is 0 Å². The normalized spacial score (nSPS) is 16.2. The van der Waals surface area contributed by atoms with Crippen molar-refractivity contribution < 1.29 is 9.18 Å². The topological polar surface area (TPSA) is 75.6 Å². The molecule has 2 aromatic heterocycles. The highest BCUT2D eigenvalue weighted by Crippen LogP contribution is 2.43. The van der Waals surface area contributed by atoms with E-state index in [1.807, 2.05) is 31.2 Å². The fraction of sp³-hybridized carbons (Fsp3) is 0.150. The number of carbonyl (C=O) groups is 1. The number of fused-ring (bicyclic) bond motifs is 2. The fourth-order valence-electron chi connectivity index (χ4n) is 3.83. The molecule has 0 bridgehead atoms. The molecule has 28 heavy (non-hydrogen) atoms. The van der Waals surface area contributed by atoms with Crippen molar-refractivity contribution in [1.29, 1.82) is 0 Å². The van der Waals surface area contributed by atoms with Gasteiger partial charge < -0.3 is 10.3 Å². The Bertz CT molecular complexity index is 1190. The van der Waals surface area contributed by atoms with Crippen LogP contribution >= 0.6 is 11.6 Å². The van der Waals surface area contributed by atoms with Crippen LogP contribution in [0.15, 0.2) is 42.5 Å². The molecule has 8 heteroatoms. The number of nitrogens with zero attached hydrogens (tertiary/aromatic N) is 3. The molecule has 0 spiro atoms. The number of hydrogen-bond acceptors (Lipinski definition) is 3. The second-order valence-corrected chi connectivity index (χ2v) is 7.18. The van der Waals surface area contributed by atoms with Gasteiger partial charge in [-0.2, -0.15) is 9.78 Å². The summed E-state index contributed by atoms with van der Waals surface area (Å²) in [5, 5.41) is 7.73. The Morgan fingerprint density at radius 2 is 2.00 bits per heavy atom. The molecule has 2 N–H and O–H groups in total. The number of rotatable bonds is 2. The van der Waals surface area contributed by atoms with Gasteiger partial charge in [0.15, 0.2) is 0 Å². The van der Waals surface area contributed by atoms with Gasteiger partial charge in [-0.25, -0.2) is 9.37 Å². The van der Waals surface area contributed by atoms with Crippen molar-refractivity contribution in [1.82, 2.24) is 19.7 Å². The number of nitrogens with one attached hydrogen (secondary N) is 2. The van der Waals surface area contributed by atoms with Gasteiger partial charge in [0, 0.05) is 28.5 Å². The lowest BCUT2D eigenvalue weighted by Crippen LogP contribution is -2.25. The zero-order valence-electron chi connectivity index (χ0n) is 14.8. The zero-order valence-corrected chi connectivity index (χ0v) is 15.6. The average molecular weight is 396 g/mol. The molecular weight excluding hydrogens is 381 g/mol. The van der Waals surface area contributed by atoms with E-state index in [9.17, 15) is 9.18 Å². The van der Waals surface area contributed by atoms with E-state index in [-0.39, 0.29) is 12.3 Å². The minimum Gasteiger partial charge on any atom is -0.322 e. The van der Waals surface area contributed by atoms with Gasteiger partial charge in [-0.1, -0.05) is 29.8 Å². The number of imidazole rings is 1. The molecule has 0 radical (unpaired) electrons. The highest BCUT2D eigenvalue weighted by atomic mass is 35.5. The van der Waals surface area contributed by atoms with Crippen LogP contribution in [0.3, 0.4) is 0 Å². The van der Waals surface area contributed by atoms with E-state index >= 15 is 0 Å². The third-order valence-electron chi connectivity index (χ3n) is 5.03. The number of H-pyrrole nitrogens is 1. The van der Waals surface area contributed by atoms with E-state index in [1.165, 1.54) is 6.07 Å². The lowest BCUT2D eigenvalue weighted by atomic mass is 9.85. The minimum absolute atomic E-state index is 0.0975. The fourth-order valence-corrected chi connectivity index (χ4v) is 4.12. The summed E-state index contributed by atoms with van der Waals surface area (Å²) in [6.45, 7) is 1.83. The number of hydrogen-bond donors (Lipinski definition) is 2. The summed E-state index contributed by atoms with van der Waals surface area (Å²) in [4.78, 5) is 20.2. The first kappa shape index (κ1) is 16.9. The number of amides is 1. The molecule has 1 unspecified atom stereocenters. The van der Waals surface area contributed by atoms with E-state index < -0.39 is 11.7 Å². The third kappa shape index (κ3) is 2.51. The highest BCUT2D eigenvalue weighted by molar-refractivity contribution is 6.31. The number of aromatic nitrogens is 4. The molecule has 1 aliphatic rings. The Hall–Kier alpha value is -3.19. The summed E-state index contributed by atoms with van der Waals surface area (Å²) in [7, 11) is 0. The van der Waals surface area contributed by atoms with Gasteiger partial charge in [0.1, 0.15) is 11.6 Å². The molecule has 1 atom stereocenters. The molecule has 0 saturated carbocycles. The predicted molar refractivity (Wildman–Crippen MR) is 104 cm³/mol. The first-order valence-electron chi connectivity index (χ1n) is 8.81. The Morgan fingerprint density at radius 3 is 2.79 bits per heavy atom. The SMILES string of the molecule is Cc1nn(-c2nc3ccccc3[nH]2)c2c1C(c1c(F)cccc1Cl)CC(=O)N2. The lowest BCUT2D eigenvalue weighted by molar-refractivity contribution is -0.116. The first-order chi connectivity index (χ1) is 13.5. The molecule has 1 amide bonds. The number of benzene rings is 2. The van der Waals surface area contributed by atoms with Gasteiger partial charge in [0.25, 0.3) is 0 Å². The van der Waals surface area contributed by atoms with E-state index in [1.54, 1.807) is 16.8 Å².